The Morgan fingerprint density at radius 3 is 2.82 bits per heavy atom. The van der Waals surface area contributed by atoms with Gasteiger partial charge in [0.15, 0.2) is 0 Å². The van der Waals surface area contributed by atoms with Crippen molar-refractivity contribution in [3.8, 4) is 0 Å². The number of fused-ring (bicyclic) bond motifs is 3. The van der Waals surface area contributed by atoms with Crippen molar-refractivity contribution in [2.24, 2.45) is 0 Å². The summed E-state index contributed by atoms with van der Waals surface area (Å²) in [6.07, 6.45) is 4.11. The highest BCUT2D eigenvalue weighted by Crippen LogP contribution is 2.35. The van der Waals surface area contributed by atoms with E-state index in [-0.39, 0.29) is 12.1 Å². The molecule has 1 amide bonds. The second-order valence-electron chi connectivity index (χ2n) is 7.38. The number of nitrogens with zero attached hydrogens (tertiary/aromatic N) is 3. The summed E-state index contributed by atoms with van der Waals surface area (Å²) in [5.41, 5.74) is 16.9. The van der Waals surface area contributed by atoms with Crippen LogP contribution in [0.5, 0.6) is 0 Å². The van der Waals surface area contributed by atoms with Crippen molar-refractivity contribution in [1.82, 2.24) is 19.9 Å². The zero-order chi connectivity index (χ0) is 19.8. The molecular weight excluding hydrogens is 356 g/mol. The maximum atomic E-state index is 12.0. The normalized spacial score (nSPS) is 15.8. The van der Waals surface area contributed by atoms with Crippen LogP contribution in [0.2, 0.25) is 0 Å². The van der Waals surface area contributed by atoms with Crippen molar-refractivity contribution >= 4 is 28.5 Å². The van der Waals surface area contributed by atoms with Gasteiger partial charge < -0.3 is 26.1 Å². The number of rotatable bonds is 4. The topological polar surface area (TPSA) is 121 Å². The van der Waals surface area contributed by atoms with Crippen LogP contribution < -0.4 is 16.8 Å². The van der Waals surface area contributed by atoms with Crippen LogP contribution in [0.3, 0.4) is 0 Å². The number of hydrogen-bond donors (Lipinski definition) is 3. The number of amides is 1. The molecule has 0 bridgehead atoms. The van der Waals surface area contributed by atoms with Crippen molar-refractivity contribution in [2.45, 2.75) is 45.4 Å². The highest BCUT2D eigenvalue weighted by atomic mass is 16.6. The number of hydrogen-bond acceptors (Lipinski definition) is 6. The Bertz CT molecular complexity index is 1040. The first-order valence-corrected chi connectivity index (χ1v) is 9.34. The number of anilines is 2. The van der Waals surface area contributed by atoms with Crippen LogP contribution in [0.25, 0.3) is 10.9 Å². The van der Waals surface area contributed by atoms with E-state index in [0.29, 0.717) is 24.5 Å². The molecule has 0 saturated carbocycles. The van der Waals surface area contributed by atoms with E-state index in [1.165, 1.54) is 5.56 Å². The summed E-state index contributed by atoms with van der Waals surface area (Å²) in [4.78, 5) is 20.5. The minimum absolute atomic E-state index is 0.0208. The van der Waals surface area contributed by atoms with Crippen molar-refractivity contribution < 1.29 is 9.53 Å². The lowest BCUT2D eigenvalue weighted by atomic mass is 10.1. The fourth-order valence-electron chi connectivity index (χ4n) is 3.85. The molecule has 2 heterocycles. The van der Waals surface area contributed by atoms with Crippen LogP contribution in [0.15, 0.2) is 30.6 Å². The Labute approximate surface area is 162 Å². The maximum Gasteiger partial charge on any atom is 0.407 e. The largest absolute Gasteiger partial charge is 0.447 e. The molecule has 1 aliphatic rings. The molecule has 1 atom stereocenters. The highest BCUT2D eigenvalue weighted by Gasteiger charge is 2.30. The third-order valence-electron chi connectivity index (χ3n) is 4.98. The average Bonchev–Trinajstić information content (AvgIpc) is 3.14. The molecule has 0 spiro atoms. The van der Waals surface area contributed by atoms with Crippen molar-refractivity contribution in [2.75, 3.05) is 11.5 Å². The first kappa shape index (κ1) is 18.1. The zero-order valence-electron chi connectivity index (χ0n) is 16.0. The monoisotopic (exact) mass is 380 g/mol. The molecule has 8 nitrogen and oxygen atoms in total. The molecule has 0 unspecified atom stereocenters. The third-order valence-corrected chi connectivity index (χ3v) is 4.98. The van der Waals surface area contributed by atoms with E-state index in [2.05, 4.69) is 19.9 Å². The zero-order valence-corrected chi connectivity index (χ0v) is 16.0. The molecule has 1 aliphatic carbocycles. The first-order valence-electron chi connectivity index (χ1n) is 9.34. The third kappa shape index (κ3) is 3.33. The van der Waals surface area contributed by atoms with Gasteiger partial charge in [-0.25, -0.2) is 9.78 Å². The Hall–Kier alpha value is -3.29. The van der Waals surface area contributed by atoms with E-state index >= 15 is 0 Å². The number of ether oxygens (including phenoxy) is 1. The predicted molar refractivity (Wildman–Crippen MR) is 108 cm³/mol. The average molecular weight is 380 g/mol. The Kier molecular flexibility index (Phi) is 4.54. The number of alkyl carbamates (subject to hydrolysis) is 1. The molecule has 146 valence electrons. The van der Waals surface area contributed by atoms with Crippen LogP contribution in [0, 0.1) is 0 Å². The molecule has 5 N–H and O–H groups in total. The van der Waals surface area contributed by atoms with Gasteiger partial charge in [0.05, 0.1) is 12.6 Å². The van der Waals surface area contributed by atoms with Gasteiger partial charge in [-0.2, -0.15) is 0 Å². The number of nitrogen functional groups attached to an aromatic ring is 2. The predicted octanol–water partition coefficient (Wildman–Crippen LogP) is 2.25. The van der Waals surface area contributed by atoms with Crippen LogP contribution in [-0.2, 0) is 24.1 Å². The smallest absolute Gasteiger partial charge is 0.407 e. The van der Waals surface area contributed by atoms with Gasteiger partial charge in [-0.3, -0.25) is 4.98 Å². The van der Waals surface area contributed by atoms with Crippen LogP contribution in [0.4, 0.5) is 16.3 Å². The van der Waals surface area contributed by atoms with E-state index in [9.17, 15) is 4.79 Å². The molecule has 0 aliphatic heterocycles. The summed E-state index contributed by atoms with van der Waals surface area (Å²) in [6.45, 7) is 4.18. The van der Waals surface area contributed by atoms with Crippen LogP contribution >= 0.6 is 0 Å². The fourth-order valence-corrected chi connectivity index (χ4v) is 3.85. The van der Waals surface area contributed by atoms with Gasteiger partial charge >= 0.3 is 6.09 Å². The molecule has 2 aromatic heterocycles. The van der Waals surface area contributed by atoms with Crippen molar-refractivity contribution in [1.29, 1.82) is 0 Å². The lowest BCUT2D eigenvalue weighted by molar-refractivity contribution is 0.112. The minimum atomic E-state index is -0.390. The molecule has 8 heteroatoms. The lowest BCUT2D eigenvalue weighted by Crippen LogP contribution is -2.37. The van der Waals surface area contributed by atoms with E-state index in [1.54, 1.807) is 12.4 Å². The molecule has 4 rings (SSSR count). The Morgan fingerprint density at radius 2 is 2.07 bits per heavy atom. The molecule has 1 aromatic carbocycles. The molecule has 28 heavy (non-hydrogen) atoms. The van der Waals surface area contributed by atoms with Crippen molar-refractivity contribution in [3.05, 3.63) is 47.5 Å². The number of nitrogens with two attached hydrogens (primary N) is 2. The number of carbonyl (C=O) groups is 1. The summed E-state index contributed by atoms with van der Waals surface area (Å²) >= 11 is 0. The van der Waals surface area contributed by atoms with Gasteiger partial charge in [-0.05, 0) is 44.0 Å². The van der Waals surface area contributed by atoms with Gasteiger partial charge in [0.2, 0.25) is 0 Å². The summed E-state index contributed by atoms with van der Waals surface area (Å²) in [7, 11) is 0. The molecule has 0 fully saturated rings. The van der Waals surface area contributed by atoms with E-state index in [4.69, 9.17) is 16.2 Å². The standard InChI is InChI=1S/C20H24N6O2/c1-11(2)28-20(27)25-13-8-15-14-7-12(21)3-4-17(14)26(18(15)9-13)10-16-19(22)24-6-5-23-16/h3-7,11,13H,8-10,21H2,1-2H3,(H2,22,24)(H,25,27)/t13-/m0/s1. The number of aromatic nitrogens is 3. The second kappa shape index (κ2) is 7.03. The number of nitrogens with one attached hydrogen (secondary N) is 1. The molecule has 0 saturated heterocycles. The molecule has 3 aromatic rings. The van der Waals surface area contributed by atoms with Crippen molar-refractivity contribution in [3.63, 3.8) is 0 Å². The summed E-state index contributed by atoms with van der Waals surface area (Å²) in [5.74, 6) is 0.418. The number of benzene rings is 1. The maximum absolute atomic E-state index is 12.0. The first-order chi connectivity index (χ1) is 13.4. The Morgan fingerprint density at radius 1 is 1.29 bits per heavy atom. The second-order valence-corrected chi connectivity index (χ2v) is 7.38. The van der Waals surface area contributed by atoms with Gasteiger partial charge in [-0.15, -0.1) is 0 Å². The van der Waals surface area contributed by atoms with Gasteiger partial charge in [0, 0.05) is 47.1 Å². The SMILES string of the molecule is CC(C)OC(=O)N[C@H]1Cc2c(n(Cc3nccnc3N)c3ccc(N)cc23)C1. The van der Waals surface area contributed by atoms with E-state index in [0.717, 1.165) is 28.7 Å². The van der Waals surface area contributed by atoms with Gasteiger partial charge in [0.25, 0.3) is 0 Å². The Balaban J connectivity index is 1.69. The quantitative estimate of drug-likeness (QED) is 0.597. The summed E-state index contributed by atoms with van der Waals surface area (Å²) in [6, 6.07) is 5.88. The highest BCUT2D eigenvalue weighted by molar-refractivity contribution is 5.89. The number of carbonyl (C=O) groups excluding carboxylic acids is 1. The van der Waals surface area contributed by atoms with E-state index < -0.39 is 6.09 Å². The summed E-state index contributed by atoms with van der Waals surface area (Å²) in [5, 5.41) is 4.06. The van der Waals surface area contributed by atoms with Gasteiger partial charge in [-0.1, -0.05) is 0 Å². The molecular formula is C20H24N6O2. The minimum Gasteiger partial charge on any atom is -0.447 e. The van der Waals surface area contributed by atoms with Crippen LogP contribution in [-0.4, -0.2) is 32.8 Å². The molecule has 0 radical (unpaired) electrons. The van der Waals surface area contributed by atoms with Gasteiger partial charge in [0.1, 0.15) is 11.5 Å². The van der Waals surface area contributed by atoms with E-state index in [1.807, 2.05) is 32.0 Å². The lowest BCUT2D eigenvalue weighted by Gasteiger charge is -2.16. The fraction of sp³-hybridized carbons (Fsp3) is 0.350. The summed E-state index contributed by atoms with van der Waals surface area (Å²) < 4.78 is 7.42. The van der Waals surface area contributed by atoms with Crippen LogP contribution in [0.1, 0.15) is 30.8 Å².